The van der Waals surface area contributed by atoms with Crippen molar-refractivity contribution < 1.29 is 9.13 Å². The second-order valence-corrected chi connectivity index (χ2v) is 4.23. The Morgan fingerprint density at radius 3 is 2.32 bits per heavy atom. The van der Waals surface area contributed by atoms with E-state index in [4.69, 9.17) is 17.0 Å². The fraction of sp³-hybridized carbons (Fsp3) is 0.0714. The Labute approximate surface area is 116 Å². The summed E-state index contributed by atoms with van der Waals surface area (Å²) in [4.78, 5) is 0. The quantitative estimate of drug-likeness (QED) is 0.839. The first kappa shape index (κ1) is 13.3. The lowest BCUT2D eigenvalue weighted by Gasteiger charge is -2.11. The molecule has 2 aromatic rings. The first-order valence-corrected chi connectivity index (χ1v) is 6.06. The van der Waals surface area contributed by atoms with Crippen LogP contribution in [0.3, 0.4) is 0 Å². The third-order valence-electron chi connectivity index (χ3n) is 2.41. The first-order chi connectivity index (χ1) is 9.17. The molecular weight excluding hydrogens is 263 g/mol. The Morgan fingerprint density at radius 2 is 1.68 bits per heavy atom. The van der Waals surface area contributed by atoms with Crippen molar-refractivity contribution >= 4 is 28.7 Å². The van der Waals surface area contributed by atoms with E-state index in [9.17, 15) is 4.39 Å². The van der Waals surface area contributed by atoms with Crippen LogP contribution >= 0.6 is 12.2 Å². The van der Waals surface area contributed by atoms with Crippen molar-refractivity contribution in [1.82, 2.24) is 0 Å². The minimum absolute atomic E-state index is 0.311. The Morgan fingerprint density at radius 1 is 1.05 bits per heavy atom. The Balaban J connectivity index is 2.01. The number of ether oxygens (including phenoxy) is 1. The molecule has 0 saturated heterocycles. The predicted molar refractivity (Wildman–Crippen MR) is 79.2 cm³/mol. The summed E-state index contributed by atoms with van der Waals surface area (Å²) >= 11 is 5.16. The summed E-state index contributed by atoms with van der Waals surface area (Å²) in [6.07, 6.45) is 0. The molecule has 98 valence electrons. The van der Waals surface area contributed by atoms with E-state index in [1.807, 2.05) is 24.3 Å². The maximum atomic E-state index is 13.0. The average molecular weight is 276 g/mol. The van der Waals surface area contributed by atoms with Gasteiger partial charge in [-0.05, 0) is 42.5 Å². The molecule has 0 bridgehead atoms. The minimum atomic E-state index is -0.311. The Bertz CT molecular complexity index is 589. The molecule has 0 radical (unpaired) electrons. The first-order valence-electron chi connectivity index (χ1n) is 5.65. The van der Waals surface area contributed by atoms with Crippen molar-refractivity contribution in [1.29, 1.82) is 0 Å². The van der Waals surface area contributed by atoms with E-state index in [0.717, 1.165) is 11.4 Å². The molecule has 0 saturated carbocycles. The van der Waals surface area contributed by atoms with E-state index in [1.54, 1.807) is 19.2 Å². The van der Waals surface area contributed by atoms with Gasteiger partial charge < -0.3 is 15.4 Å². The molecule has 3 nitrogen and oxygen atoms in total. The third-order valence-corrected chi connectivity index (χ3v) is 2.61. The maximum absolute atomic E-state index is 13.0. The van der Waals surface area contributed by atoms with Gasteiger partial charge in [0.05, 0.1) is 7.11 Å². The van der Waals surface area contributed by atoms with Gasteiger partial charge in [-0.15, -0.1) is 0 Å². The summed E-state index contributed by atoms with van der Waals surface area (Å²) in [5.41, 5.74) is 1.40. The number of thiocarbonyl (C=S) groups is 1. The number of hydrogen-bond acceptors (Lipinski definition) is 2. The summed E-state index contributed by atoms with van der Waals surface area (Å²) in [6.45, 7) is 0. The van der Waals surface area contributed by atoms with Crippen molar-refractivity contribution in [2.45, 2.75) is 0 Å². The molecule has 0 aliphatic rings. The number of hydrogen-bond donors (Lipinski definition) is 2. The third kappa shape index (κ3) is 3.93. The molecule has 0 aromatic heterocycles. The topological polar surface area (TPSA) is 33.3 Å². The molecule has 0 amide bonds. The number of anilines is 2. The molecule has 2 aromatic carbocycles. The summed E-state index contributed by atoms with van der Waals surface area (Å²) < 4.78 is 18.1. The van der Waals surface area contributed by atoms with Crippen molar-refractivity contribution in [3.8, 4) is 5.75 Å². The molecule has 19 heavy (non-hydrogen) atoms. The molecule has 0 heterocycles. The van der Waals surface area contributed by atoms with E-state index in [2.05, 4.69) is 10.6 Å². The molecule has 0 unspecified atom stereocenters. The number of rotatable bonds is 3. The zero-order valence-corrected chi connectivity index (χ0v) is 11.1. The van der Waals surface area contributed by atoms with E-state index >= 15 is 0 Å². The van der Waals surface area contributed by atoms with Gasteiger partial charge in [-0.1, -0.05) is 12.1 Å². The highest BCUT2D eigenvalue weighted by Gasteiger charge is 2.01. The lowest BCUT2D eigenvalue weighted by Crippen LogP contribution is -2.19. The lowest BCUT2D eigenvalue weighted by atomic mass is 10.3. The van der Waals surface area contributed by atoms with Crippen LogP contribution < -0.4 is 15.4 Å². The fourth-order valence-electron chi connectivity index (χ4n) is 1.56. The van der Waals surface area contributed by atoms with Crippen molar-refractivity contribution in [2.75, 3.05) is 17.7 Å². The molecule has 0 atom stereocenters. The average Bonchev–Trinajstić information content (AvgIpc) is 2.38. The second-order valence-electron chi connectivity index (χ2n) is 3.82. The largest absolute Gasteiger partial charge is 0.497 e. The van der Waals surface area contributed by atoms with Gasteiger partial charge in [0.15, 0.2) is 5.11 Å². The minimum Gasteiger partial charge on any atom is -0.497 e. The zero-order chi connectivity index (χ0) is 13.7. The van der Waals surface area contributed by atoms with Gasteiger partial charge in [0.25, 0.3) is 0 Å². The summed E-state index contributed by atoms with van der Waals surface area (Å²) in [6, 6.07) is 13.5. The maximum Gasteiger partial charge on any atom is 0.175 e. The smallest absolute Gasteiger partial charge is 0.175 e. The van der Waals surface area contributed by atoms with Crippen LogP contribution in [0.5, 0.6) is 5.75 Å². The van der Waals surface area contributed by atoms with Crippen molar-refractivity contribution in [2.24, 2.45) is 0 Å². The lowest BCUT2D eigenvalue weighted by molar-refractivity contribution is 0.415. The highest BCUT2D eigenvalue weighted by molar-refractivity contribution is 7.80. The van der Waals surface area contributed by atoms with Gasteiger partial charge in [-0.25, -0.2) is 4.39 Å². The Kier molecular flexibility index (Phi) is 4.30. The highest BCUT2D eigenvalue weighted by Crippen LogP contribution is 2.17. The van der Waals surface area contributed by atoms with Crippen LogP contribution in [0.15, 0.2) is 48.5 Å². The molecule has 0 fully saturated rings. The van der Waals surface area contributed by atoms with Crippen LogP contribution in [-0.2, 0) is 0 Å². The Hall–Kier alpha value is -2.14. The molecule has 2 N–H and O–H groups in total. The van der Waals surface area contributed by atoms with E-state index in [0.29, 0.717) is 10.8 Å². The van der Waals surface area contributed by atoms with Gasteiger partial charge in [-0.2, -0.15) is 0 Å². The molecular formula is C14H13FN2OS. The summed E-state index contributed by atoms with van der Waals surface area (Å²) in [5, 5.41) is 6.30. The predicted octanol–water partition coefficient (Wildman–Crippen LogP) is 3.64. The standard InChI is InChI=1S/C14H13FN2OS/c1-18-13-7-3-6-12(9-13)17-14(19)16-11-5-2-4-10(15)8-11/h2-9H,1H3,(H2,16,17,19). The monoisotopic (exact) mass is 276 g/mol. The summed E-state index contributed by atoms with van der Waals surface area (Å²) in [7, 11) is 1.60. The van der Waals surface area contributed by atoms with Crippen LogP contribution in [0.4, 0.5) is 15.8 Å². The van der Waals surface area contributed by atoms with Gasteiger partial charge in [0, 0.05) is 17.4 Å². The van der Waals surface area contributed by atoms with E-state index in [-0.39, 0.29) is 5.82 Å². The molecule has 5 heteroatoms. The van der Waals surface area contributed by atoms with Gasteiger partial charge in [0.1, 0.15) is 11.6 Å². The van der Waals surface area contributed by atoms with Gasteiger partial charge >= 0.3 is 0 Å². The van der Waals surface area contributed by atoms with Crippen LogP contribution in [0.1, 0.15) is 0 Å². The second kappa shape index (κ2) is 6.15. The summed E-state index contributed by atoms with van der Waals surface area (Å²) in [5.74, 6) is 0.424. The highest BCUT2D eigenvalue weighted by atomic mass is 32.1. The molecule has 2 rings (SSSR count). The van der Waals surface area contributed by atoms with Crippen LogP contribution in [-0.4, -0.2) is 12.2 Å². The number of methoxy groups -OCH3 is 1. The van der Waals surface area contributed by atoms with Crippen LogP contribution in [0.25, 0.3) is 0 Å². The normalized spacial score (nSPS) is 9.79. The zero-order valence-electron chi connectivity index (χ0n) is 10.3. The van der Waals surface area contributed by atoms with Crippen LogP contribution in [0.2, 0.25) is 0 Å². The van der Waals surface area contributed by atoms with Crippen molar-refractivity contribution in [3.05, 3.63) is 54.3 Å². The van der Waals surface area contributed by atoms with Crippen LogP contribution in [0, 0.1) is 5.82 Å². The SMILES string of the molecule is COc1cccc(NC(=S)Nc2cccc(F)c2)c1. The van der Waals surface area contributed by atoms with E-state index < -0.39 is 0 Å². The molecule has 0 spiro atoms. The number of benzene rings is 2. The fourth-order valence-corrected chi connectivity index (χ4v) is 1.80. The molecule has 0 aliphatic carbocycles. The van der Waals surface area contributed by atoms with E-state index in [1.165, 1.54) is 12.1 Å². The van der Waals surface area contributed by atoms with Gasteiger partial charge in [0.2, 0.25) is 0 Å². The van der Waals surface area contributed by atoms with Crippen molar-refractivity contribution in [3.63, 3.8) is 0 Å². The number of halogens is 1. The number of nitrogens with one attached hydrogen (secondary N) is 2. The van der Waals surface area contributed by atoms with Gasteiger partial charge in [-0.3, -0.25) is 0 Å². The molecule has 0 aliphatic heterocycles.